The molecule has 94 valence electrons. The number of aromatic nitrogens is 1. The van der Waals surface area contributed by atoms with Crippen LogP contribution in [0.5, 0.6) is 0 Å². The van der Waals surface area contributed by atoms with Crippen molar-refractivity contribution in [3.63, 3.8) is 0 Å². The fourth-order valence-corrected chi connectivity index (χ4v) is 2.50. The van der Waals surface area contributed by atoms with Gasteiger partial charge < -0.3 is 15.3 Å². The Balaban J connectivity index is 2.05. The Labute approximate surface area is 103 Å². The number of pyridine rings is 1. The smallest absolute Gasteiger partial charge is 0.0821 e. The maximum absolute atomic E-state index is 10.4. The van der Waals surface area contributed by atoms with Crippen molar-refractivity contribution in [1.82, 2.24) is 4.98 Å². The lowest BCUT2D eigenvalue weighted by atomic mass is 10.0. The average Bonchev–Trinajstić information content (AvgIpc) is 2.76. The van der Waals surface area contributed by atoms with E-state index in [1.54, 1.807) is 6.20 Å². The van der Waals surface area contributed by atoms with E-state index in [4.69, 9.17) is 0 Å². The molecule has 0 bridgehead atoms. The number of nitrogens with one attached hydrogen (secondary N) is 1. The van der Waals surface area contributed by atoms with Crippen LogP contribution in [-0.2, 0) is 0 Å². The van der Waals surface area contributed by atoms with Gasteiger partial charge in [0, 0.05) is 20.6 Å². The van der Waals surface area contributed by atoms with Crippen LogP contribution in [0.25, 0.3) is 0 Å². The summed E-state index contributed by atoms with van der Waals surface area (Å²) in [5.41, 5.74) is 1.52. The van der Waals surface area contributed by atoms with E-state index in [1.807, 2.05) is 26.4 Å². The number of likely N-dealkylation sites (N-methyl/N-ethyl adjacent to an activating group) is 1. The Morgan fingerprint density at radius 1 is 1.41 bits per heavy atom. The summed E-state index contributed by atoms with van der Waals surface area (Å²) in [6, 6.07) is 2.05. The van der Waals surface area contributed by atoms with Crippen molar-refractivity contribution in [3.8, 4) is 0 Å². The van der Waals surface area contributed by atoms with Crippen molar-refractivity contribution in [2.24, 2.45) is 0 Å². The van der Waals surface area contributed by atoms with E-state index in [0.717, 1.165) is 37.1 Å². The van der Waals surface area contributed by atoms with Gasteiger partial charge in [-0.1, -0.05) is 12.8 Å². The van der Waals surface area contributed by atoms with Crippen molar-refractivity contribution < 1.29 is 5.11 Å². The molecule has 1 saturated carbocycles. The van der Waals surface area contributed by atoms with Gasteiger partial charge in [-0.25, -0.2) is 0 Å². The Morgan fingerprint density at radius 3 is 2.76 bits per heavy atom. The number of anilines is 2. The molecule has 1 aliphatic rings. The second-order valence-corrected chi connectivity index (χ2v) is 4.97. The largest absolute Gasteiger partial charge is 0.388 e. The zero-order chi connectivity index (χ0) is 12.3. The first kappa shape index (κ1) is 12.2. The zero-order valence-corrected chi connectivity index (χ0v) is 10.6. The van der Waals surface area contributed by atoms with E-state index in [1.165, 1.54) is 0 Å². The molecule has 0 atom stereocenters. The summed E-state index contributed by atoms with van der Waals surface area (Å²) in [5.74, 6) is 0. The monoisotopic (exact) mass is 235 g/mol. The van der Waals surface area contributed by atoms with Gasteiger partial charge in [0.25, 0.3) is 0 Å². The molecule has 4 nitrogen and oxygen atoms in total. The standard InChI is InChI=1S/C13H21N3O/c1-14-11-7-12(9-15-8-11)16(2)10-13(17)5-3-4-6-13/h7-9,14,17H,3-6,10H2,1-2H3. The number of aliphatic hydroxyl groups is 1. The molecule has 1 fully saturated rings. The molecule has 2 N–H and O–H groups in total. The molecular weight excluding hydrogens is 214 g/mol. The van der Waals surface area contributed by atoms with Gasteiger partial charge in [0.2, 0.25) is 0 Å². The maximum atomic E-state index is 10.4. The van der Waals surface area contributed by atoms with Gasteiger partial charge in [0.05, 0.1) is 29.4 Å². The summed E-state index contributed by atoms with van der Waals surface area (Å²) in [6.45, 7) is 0.682. The van der Waals surface area contributed by atoms with Crippen molar-refractivity contribution in [2.45, 2.75) is 31.3 Å². The van der Waals surface area contributed by atoms with Crippen LogP contribution >= 0.6 is 0 Å². The quantitative estimate of drug-likeness (QED) is 0.836. The minimum absolute atomic E-state index is 0.510. The summed E-state index contributed by atoms with van der Waals surface area (Å²) < 4.78 is 0. The molecule has 0 aromatic carbocycles. The fourth-order valence-electron chi connectivity index (χ4n) is 2.50. The van der Waals surface area contributed by atoms with Crippen LogP contribution in [-0.4, -0.2) is 36.3 Å². The van der Waals surface area contributed by atoms with E-state index in [2.05, 4.69) is 15.2 Å². The van der Waals surface area contributed by atoms with E-state index in [0.29, 0.717) is 6.54 Å². The Hall–Kier alpha value is -1.29. The highest BCUT2D eigenvalue weighted by molar-refractivity contribution is 5.55. The van der Waals surface area contributed by atoms with Gasteiger partial charge in [-0.3, -0.25) is 4.98 Å². The molecule has 1 heterocycles. The third-order valence-electron chi connectivity index (χ3n) is 3.52. The van der Waals surface area contributed by atoms with Crippen LogP contribution in [0.15, 0.2) is 18.5 Å². The first-order chi connectivity index (χ1) is 8.13. The predicted molar refractivity (Wildman–Crippen MR) is 70.5 cm³/mol. The van der Waals surface area contributed by atoms with Gasteiger partial charge in [-0.05, 0) is 18.9 Å². The van der Waals surface area contributed by atoms with Crippen molar-refractivity contribution >= 4 is 11.4 Å². The number of hydrogen-bond acceptors (Lipinski definition) is 4. The van der Waals surface area contributed by atoms with Gasteiger partial charge in [0.15, 0.2) is 0 Å². The van der Waals surface area contributed by atoms with Crippen molar-refractivity contribution in [2.75, 3.05) is 30.9 Å². The molecule has 0 saturated heterocycles. The second-order valence-electron chi connectivity index (χ2n) is 4.97. The Morgan fingerprint density at radius 2 is 2.12 bits per heavy atom. The zero-order valence-electron chi connectivity index (χ0n) is 10.6. The van der Waals surface area contributed by atoms with Crippen molar-refractivity contribution in [1.29, 1.82) is 0 Å². The highest BCUT2D eigenvalue weighted by atomic mass is 16.3. The first-order valence-corrected chi connectivity index (χ1v) is 6.19. The molecule has 1 aliphatic carbocycles. The van der Waals surface area contributed by atoms with Gasteiger partial charge in [-0.2, -0.15) is 0 Å². The number of hydrogen-bond donors (Lipinski definition) is 2. The maximum Gasteiger partial charge on any atom is 0.0821 e. The summed E-state index contributed by atoms with van der Waals surface area (Å²) in [6.07, 6.45) is 7.73. The van der Waals surface area contributed by atoms with E-state index in [9.17, 15) is 5.11 Å². The van der Waals surface area contributed by atoms with E-state index < -0.39 is 5.60 Å². The lowest BCUT2D eigenvalue weighted by Crippen LogP contribution is -2.39. The van der Waals surface area contributed by atoms with Crippen LogP contribution in [0.4, 0.5) is 11.4 Å². The third-order valence-corrected chi connectivity index (χ3v) is 3.52. The highest BCUT2D eigenvalue weighted by Gasteiger charge is 2.32. The summed E-state index contributed by atoms with van der Waals surface area (Å²) in [5, 5.41) is 13.4. The molecule has 2 rings (SSSR count). The second kappa shape index (κ2) is 4.92. The molecule has 17 heavy (non-hydrogen) atoms. The summed E-state index contributed by atoms with van der Waals surface area (Å²) >= 11 is 0. The molecule has 1 aromatic rings. The van der Waals surface area contributed by atoms with Crippen LogP contribution in [0.2, 0.25) is 0 Å². The molecule has 0 aliphatic heterocycles. The molecule has 4 heteroatoms. The highest BCUT2D eigenvalue weighted by Crippen LogP contribution is 2.31. The molecule has 0 unspecified atom stereocenters. The van der Waals surface area contributed by atoms with Crippen LogP contribution in [0.1, 0.15) is 25.7 Å². The number of rotatable bonds is 4. The Kier molecular flexibility index (Phi) is 3.52. The third kappa shape index (κ3) is 2.88. The molecular formula is C13H21N3O. The Bertz CT molecular complexity index is 375. The van der Waals surface area contributed by atoms with E-state index in [-0.39, 0.29) is 0 Å². The molecule has 0 radical (unpaired) electrons. The SMILES string of the molecule is CNc1cncc(N(C)CC2(O)CCCC2)c1. The molecule has 0 amide bonds. The lowest BCUT2D eigenvalue weighted by molar-refractivity contribution is 0.0559. The minimum atomic E-state index is -0.510. The number of nitrogens with zero attached hydrogens (tertiary/aromatic N) is 2. The van der Waals surface area contributed by atoms with Crippen LogP contribution in [0, 0.1) is 0 Å². The summed E-state index contributed by atoms with van der Waals surface area (Å²) in [7, 11) is 3.89. The fraction of sp³-hybridized carbons (Fsp3) is 0.615. The summed E-state index contributed by atoms with van der Waals surface area (Å²) in [4.78, 5) is 6.27. The molecule has 0 spiro atoms. The van der Waals surface area contributed by atoms with Gasteiger partial charge in [-0.15, -0.1) is 0 Å². The first-order valence-electron chi connectivity index (χ1n) is 6.19. The predicted octanol–water partition coefficient (Wildman–Crippen LogP) is 1.86. The van der Waals surface area contributed by atoms with Crippen LogP contribution in [0.3, 0.4) is 0 Å². The normalized spacial score (nSPS) is 18.1. The lowest BCUT2D eigenvalue weighted by Gasteiger charge is -2.30. The average molecular weight is 235 g/mol. The van der Waals surface area contributed by atoms with Crippen LogP contribution < -0.4 is 10.2 Å². The molecule has 1 aromatic heterocycles. The topological polar surface area (TPSA) is 48.4 Å². The van der Waals surface area contributed by atoms with E-state index >= 15 is 0 Å². The minimum Gasteiger partial charge on any atom is -0.388 e. The van der Waals surface area contributed by atoms with Gasteiger partial charge >= 0.3 is 0 Å². The van der Waals surface area contributed by atoms with Crippen molar-refractivity contribution in [3.05, 3.63) is 18.5 Å². The van der Waals surface area contributed by atoms with Gasteiger partial charge in [0.1, 0.15) is 0 Å².